The first-order chi connectivity index (χ1) is 15.6. The average Bonchev–Trinajstić information content (AvgIpc) is 3.20. The van der Waals surface area contributed by atoms with E-state index in [2.05, 4.69) is 4.90 Å². The molecular formula is C24H31N3O5S. The van der Waals surface area contributed by atoms with Gasteiger partial charge in [-0.3, -0.25) is 14.0 Å². The van der Waals surface area contributed by atoms with Gasteiger partial charge in [0, 0.05) is 32.7 Å². The van der Waals surface area contributed by atoms with Gasteiger partial charge in [0.25, 0.3) is 0 Å². The van der Waals surface area contributed by atoms with E-state index in [1.807, 2.05) is 38.1 Å². The highest BCUT2D eigenvalue weighted by Gasteiger charge is 2.33. The Hall–Kier alpha value is -2.78. The van der Waals surface area contributed by atoms with Gasteiger partial charge in [0.05, 0.1) is 11.9 Å². The second-order valence-electron chi connectivity index (χ2n) is 8.87. The topological polar surface area (TPSA) is 79.4 Å². The molecule has 9 heteroatoms. The lowest BCUT2D eigenvalue weighted by atomic mass is 10.1. The van der Waals surface area contributed by atoms with E-state index < -0.39 is 16.1 Å². The van der Waals surface area contributed by atoms with E-state index in [4.69, 9.17) is 9.47 Å². The highest BCUT2D eigenvalue weighted by molar-refractivity contribution is 7.92. The summed E-state index contributed by atoms with van der Waals surface area (Å²) in [6.07, 6.45) is 1.15. The molecular weight excluding hydrogens is 442 g/mol. The van der Waals surface area contributed by atoms with Crippen LogP contribution >= 0.6 is 0 Å². The fourth-order valence-electron chi connectivity index (χ4n) is 4.57. The van der Waals surface area contributed by atoms with Crippen LogP contribution in [0.5, 0.6) is 11.5 Å². The minimum Gasteiger partial charge on any atom is -0.454 e. The summed E-state index contributed by atoms with van der Waals surface area (Å²) in [5, 5.41) is 0. The van der Waals surface area contributed by atoms with Crippen molar-refractivity contribution in [1.82, 2.24) is 9.80 Å². The molecule has 0 aliphatic carbocycles. The quantitative estimate of drug-likeness (QED) is 0.642. The lowest BCUT2D eigenvalue weighted by molar-refractivity contribution is -0.133. The predicted octanol–water partition coefficient (Wildman–Crippen LogP) is 2.53. The van der Waals surface area contributed by atoms with Crippen molar-refractivity contribution in [2.75, 3.05) is 43.5 Å². The maximum absolute atomic E-state index is 13.3. The fourth-order valence-corrected chi connectivity index (χ4v) is 5.72. The van der Waals surface area contributed by atoms with Gasteiger partial charge in [-0.2, -0.15) is 0 Å². The van der Waals surface area contributed by atoms with Crippen molar-refractivity contribution in [2.24, 2.45) is 0 Å². The molecule has 33 heavy (non-hydrogen) atoms. The molecule has 1 saturated heterocycles. The first-order valence-electron chi connectivity index (χ1n) is 11.1. The second kappa shape index (κ2) is 9.23. The standard InChI is InChI=1S/C24H31N3O5S/c1-17-11-18(2)13-21(12-17)27(33(4,29)30)19(3)24(28)26-9-7-25(8-10-26)15-20-5-6-22-23(14-20)32-16-31-22/h5-6,11-14,19H,7-10,15-16H2,1-4H3/t19-/m0/s1. The lowest BCUT2D eigenvalue weighted by Crippen LogP contribution is -2.55. The maximum Gasteiger partial charge on any atom is 0.246 e. The number of rotatable bonds is 6. The van der Waals surface area contributed by atoms with E-state index in [9.17, 15) is 13.2 Å². The zero-order valence-electron chi connectivity index (χ0n) is 19.6. The Labute approximate surface area is 195 Å². The van der Waals surface area contributed by atoms with Gasteiger partial charge in [-0.15, -0.1) is 0 Å². The normalized spacial score (nSPS) is 17.2. The second-order valence-corrected chi connectivity index (χ2v) is 10.7. The maximum atomic E-state index is 13.3. The largest absolute Gasteiger partial charge is 0.454 e. The number of hydrogen-bond donors (Lipinski definition) is 0. The Morgan fingerprint density at radius 1 is 1.00 bits per heavy atom. The third-order valence-electron chi connectivity index (χ3n) is 6.05. The molecule has 8 nitrogen and oxygen atoms in total. The van der Waals surface area contributed by atoms with Crippen molar-refractivity contribution >= 4 is 21.6 Å². The molecule has 0 radical (unpaired) electrons. The third-order valence-corrected chi connectivity index (χ3v) is 7.30. The molecule has 0 aromatic heterocycles. The van der Waals surface area contributed by atoms with Crippen molar-refractivity contribution in [3.05, 3.63) is 53.1 Å². The average molecular weight is 474 g/mol. The highest BCUT2D eigenvalue weighted by Crippen LogP contribution is 2.33. The minimum absolute atomic E-state index is 0.178. The van der Waals surface area contributed by atoms with Crippen LogP contribution in [0, 0.1) is 13.8 Å². The summed E-state index contributed by atoms with van der Waals surface area (Å²) in [6.45, 7) is 9.06. The molecule has 2 heterocycles. The summed E-state index contributed by atoms with van der Waals surface area (Å²) in [5.41, 5.74) is 3.56. The fraction of sp³-hybridized carbons (Fsp3) is 0.458. The number of ether oxygens (including phenoxy) is 2. The zero-order chi connectivity index (χ0) is 23.8. The first-order valence-corrected chi connectivity index (χ1v) is 12.9. The number of nitrogens with zero attached hydrogens (tertiary/aromatic N) is 3. The number of hydrogen-bond acceptors (Lipinski definition) is 6. The third kappa shape index (κ3) is 5.25. The number of amides is 1. The predicted molar refractivity (Wildman–Crippen MR) is 127 cm³/mol. The summed E-state index contributed by atoms with van der Waals surface area (Å²) >= 11 is 0. The smallest absolute Gasteiger partial charge is 0.246 e. The van der Waals surface area contributed by atoms with Crippen molar-refractivity contribution in [3.63, 3.8) is 0 Å². The van der Waals surface area contributed by atoms with Crippen LogP contribution in [0.4, 0.5) is 5.69 Å². The van der Waals surface area contributed by atoms with Gasteiger partial charge in [-0.1, -0.05) is 12.1 Å². The summed E-state index contributed by atoms with van der Waals surface area (Å²) in [7, 11) is -3.64. The Morgan fingerprint density at radius 3 is 2.27 bits per heavy atom. The van der Waals surface area contributed by atoms with Crippen LogP contribution in [-0.2, 0) is 21.4 Å². The van der Waals surface area contributed by atoms with Gasteiger partial charge in [0.1, 0.15) is 6.04 Å². The molecule has 1 fully saturated rings. The molecule has 0 unspecified atom stereocenters. The zero-order valence-corrected chi connectivity index (χ0v) is 20.4. The van der Waals surface area contributed by atoms with Crippen LogP contribution in [0.3, 0.4) is 0 Å². The number of aryl methyl sites for hydroxylation is 2. The summed E-state index contributed by atoms with van der Waals surface area (Å²) in [5.74, 6) is 1.35. The molecule has 2 aromatic carbocycles. The number of carbonyl (C=O) groups is 1. The molecule has 0 N–H and O–H groups in total. The van der Waals surface area contributed by atoms with E-state index in [1.54, 1.807) is 24.0 Å². The van der Waals surface area contributed by atoms with Crippen molar-refractivity contribution in [1.29, 1.82) is 0 Å². The number of carbonyl (C=O) groups excluding carboxylic acids is 1. The van der Waals surface area contributed by atoms with Gasteiger partial charge < -0.3 is 14.4 Å². The van der Waals surface area contributed by atoms with Gasteiger partial charge in [-0.05, 0) is 61.7 Å². The molecule has 2 aromatic rings. The molecule has 0 bridgehead atoms. The first kappa shape index (κ1) is 23.4. The van der Waals surface area contributed by atoms with Gasteiger partial charge in [0.2, 0.25) is 22.7 Å². The highest BCUT2D eigenvalue weighted by atomic mass is 32.2. The Kier molecular flexibility index (Phi) is 6.54. The molecule has 2 aliphatic rings. The van der Waals surface area contributed by atoms with Crippen LogP contribution in [-0.4, -0.2) is 69.4 Å². The number of anilines is 1. The minimum atomic E-state index is -3.64. The monoisotopic (exact) mass is 473 g/mol. The SMILES string of the molecule is Cc1cc(C)cc(N([C@@H](C)C(=O)N2CCN(Cc3ccc4c(c3)OCO4)CC2)S(C)(=O)=O)c1. The van der Waals surface area contributed by atoms with Crippen LogP contribution in [0.15, 0.2) is 36.4 Å². The Morgan fingerprint density at radius 2 is 1.64 bits per heavy atom. The number of sulfonamides is 1. The van der Waals surface area contributed by atoms with E-state index in [0.29, 0.717) is 18.8 Å². The summed E-state index contributed by atoms with van der Waals surface area (Å²) in [4.78, 5) is 17.3. The number of benzene rings is 2. The van der Waals surface area contributed by atoms with E-state index in [-0.39, 0.29) is 12.7 Å². The van der Waals surface area contributed by atoms with Gasteiger partial charge >= 0.3 is 0 Å². The molecule has 0 spiro atoms. The van der Waals surface area contributed by atoms with Crippen molar-refractivity contribution < 1.29 is 22.7 Å². The van der Waals surface area contributed by atoms with Crippen molar-refractivity contribution in [3.8, 4) is 11.5 Å². The van der Waals surface area contributed by atoms with Crippen LogP contribution in [0.2, 0.25) is 0 Å². The molecule has 1 atom stereocenters. The number of fused-ring (bicyclic) bond motifs is 1. The van der Waals surface area contributed by atoms with Crippen molar-refractivity contribution in [2.45, 2.75) is 33.4 Å². The molecule has 2 aliphatic heterocycles. The van der Waals surface area contributed by atoms with Crippen LogP contribution < -0.4 is 13.8 Å². The van der Waals surface area contributed by atoms with Crippen LogP contribution in [0.1, 0.15) is 23.6 Å². The lowest BCUT2D eigenvalue weighted by Gasteiger charge is -2.38. The summed E-state index contributed by atoms with van der Waals surface area (Å²) in [6, 6.07) is 10.7. The van der Waals surface area contributed by atoms with Gasteiger partial charge in [0.15, 0.2) is 11.5 Å². The van der Waals surface area contributed by atoms with E-state index in [1.165, 1.54) is 4.31 Å². The Balaban J connectivity index is 1.41. The van der Waals surface area contributed by atoms with Crippen LogP contribution in [0.25, 0.3) is 0 Å². The molecule has 178 valence electrons. The summed E-state index contributed by atoms with van der Waals surface area (Å²) < 4.78 is 37.4. The van der Waals surface area contributed by atoms with E-state index in [0.717, 1.165) is 54.1 Å². The molecule has 4 rings (SSSR count). The van der Waals surface area contributed by atoms with E-state index >= 15 is 0 Å². The number of piperazine rings is 1. The molecule has 1 amide bonds. The molecule has 0 saturated carbocycles. The van der Waals surface area contributed by atoms with Gasteiger partial charge in [-0.25, -0.2) is 8.42 Å². The Bertz CT molecular complexity index is 1120.